The predicted molar refractivity (Wildman–Crippen MR) is 124 cm³/mol. The first-order chi connectivity index (χ1) is 16.8. The number of amides is 2. The van der Waals surface area contributed by atoms with Crippen molar-refractivity contribution in [2.75, 3.05) is 6.61 Å². The summed E-state index contributed by atoms with van der Waals surface area (Å²) in [5.41, 5.74) is 1.78. The molecule has 1 aliphatic heterocycles. The van der Waals surface area contributed by atoms with Crippen LogP contribution >= 0.6 is 0 Å². The number of hydrogen-bond donors (Lipinski definition) is 2. The number of halogens is 1. The maximum absolute atomic E-state index is 14.7. The summed E-state index contributed by atoms with van der Waals surface area (Å²) in [7, 11) is 0. The van der Waals surface area contributed by atoms with E-state index in [2.05, 4.69) is 0 Å². The van der Waals surface area contributed by atoms with Crippen molar-refractivity contribution in [3.8, 4) is 0 Å². The van der Waals surface area contributed by atoms with Crippen molar-refractivity contribution in [1.82, 2.24) is 9.38 Å². The number of carboxylic acid groups (broad SMARTS) is 2. The first kappa shape index (κ1) is 23.3. The van der Waals surface area contributed by atoms with Crippen LogP contribution in [0.15, 0.2) is 48.5 Å². The van der Waals surface area contributed by atoms with E-state index in [9.17, 15) is 23.9 Å². The first-order valence-electron chi connectivity index (χ1n) is 11.9. The minimum atomic E-state index is -1.26. The molecule has 1 heterocycles. The van der Waals surface area contributed by atoms with Gasteiger partial charge in [-0.3, -0.25) is 4.90 Å². The van der Waals surface area contributed by atoms with Crippen molar-refractivity contribution in [2.24, 2.45) is 5.92 Å². The molecule has 5 rings (SSSR count). The summed E-state index contributed by atoms with van der Waals surface area (Å²) in [6, 6.07) is 12.5. The van der Waals surface area contributed by atoms with Crippen molar-refractivity contribution >= 4 is 23.8 Å². The molecular formula is C26H28FN2O6+. The van der Waals surface area contributed by atoms with Crippen LogP contribution in [0.4, 0.5) is 19.7 Å². The van der Waals surface area contributed by atoms with Gasteiger partial charge >= 0.3 is 18.2 Å². The molecule has 0 bridgehead atoms. The lowest BCUT2D eigenvalue weighted by molar-refractivity contribution is -0.140. The van der Waals surface area contributed by atoms with E-state index < -0.39 is 36.6 Å². The molecule has 8 nitrogen and oxygen atoms in total. The van der Waals surface area contributed by atoms with E-state index in [1.165, 1.54) is 18.2 Å². The summed E-state index contributed by atoms with van der Waals surface area (Å²) in [6.45, 7) is -0.558. The topological polar surface area (TPSA) is 104 Å². The van der Waals surface area contributed by atoms with Crippen molar-refractivity contribution in [3.63, 3.8) is 0 Å². The Balaban J connectivity index is 1.66. The van der Waals surface area contributed by atoms with Gasteiger partial charge in [-0.2, -0.15) is 9.28 Å². The van der Waals surface area contributed by atoms with Crippen LogP contribution in [0, 0.1) is 11.7 Å². The molecule has 2 saturated carbocycles. The third kappa shape index (κ3) is 4.03. The van der Waals surface area contributed by atoms with E-state index in [0.717, 1.165) is 24.8 Å². The quantitative estimate of drug-likeness (QED) is 0.565. The zero-order chi connectivity index (χ0) is 24.7. The van der Waals surface area contributed by atoms with Crippen LogP contribution < -0.4 is 4.48 Å². The van der Waals surface area contributed by atoms with Crippen molar-refractivity contribution < 1.29 is 33.7 Å². The number of fused-ring (bicyclic) bond motifs is 2. The minimum Gasteiger partial charge on any atom is -0.479 e. The highest BCUT2D eigenvalue weighted by molar-refractivity contribution is 5.84. The van der Waals surface area contributed by atoms with Crippen LogP contribution in [0.25, 0.3) is 0 Å². The lowest BCUT2D eigenvalue weighted by atomic mass is 9.79. The normalized spacial score (nSPS) is 26.9. The second-order valence-corrected chi connectivity index (χ2v) is 9.69. The van der Waals surface area contributed by atoms with Gasteiger partial charge in [0.25, 0.3) is 0 Å². The van der Waals surface area contributed by atoms with Crippen molar-refractivity contribution in [3.05, 3.63) is 65.5 Å². The van der Waals surface area contributed by atoms with Gasteiger partial charge in [0, 0.05) is 35.6 Å². The molecule has 3 aliphatic rings. The SMILES string of the molecule is O=C(O)COC(=O)N(C1CC1)[C@H]1c2cc(F)ccc2[N@@+](Cc2ccccc2)(C(=O)O)[C@@H]2CCC[C@@H]21. The number of ether oxygens (including phenoxy) is 1. The molecule has 0 radical (unpaired) electrons. The van der Waals surface area contributed by atoms with E-state index in [-0.39, 0.29) is 29.0 Å². The average Bonchev–Trinajstić information content (AvgIpc) is 3.54. The van der Waals surface area contributed by atoms with E-state index in [1.807, 2.05) is 30.3 Å². The molecule has 2 fully saturated rings. The van der Waals surface area contributed by atoms with Crippen LogP contribution in [-0.4, -0.2) is 52.0 Å². The summed E-state index contributed by atoms with van der Waals surface area (Å²) in [5.74, 6) is -2.00. The standard InChI is InChI=1S/C26H27FN2O6/c27-17-9-12-22-20(13-17)24(28(18-10-11-18)25(32)35-15-23(30)31)19-7-4-8-21(19)29(22,26(33)34)14-16-5-2-1-3-6-16/h1-3,5-6,9,12-13,18-19,21,24H,4,7-8,10-11,14-15H2,(H-,30,31,33,34)/p+1/t19-,21+,24+,29-/m0/s1. The van der Waals surface area contributed by atoms with E-state index >= 15 is 0 Å². The lowest BCUT2D eigenvalue weighted by Gasteiger charge is -2.50. The zero-order valence-corrected chi connectivity index (χ0v) is 19.2. The highest BCUT2D eigenvalue weighted by Gasteiger charge is 2.61. The smallest absolute Gasteiger partial charge is 0.479 e. The van der Waals surface area contributed by atoms with Crippen LogP contribution in [-0.2, 0) is 16.1 Å². The Morgan fingerprint density at radius 2 is 1.77 bits per heavy atom. The third-order valence-corrected chi connectivity index (χ3v) is 7.63. The number of nitrogens with zero attached hydrogens (tertiary/aromatic N) is 2. The minimum absolute atomic E-state index is 0.141. The number of aliphatic carboxylic acids is 1. The summed E-state index contributed by atoms with van der Waals surface area (Å²) in [5, 5.41) is 19.7. The number of carbonyl (C=O) groups is 3. The van der Waals surface area contributed by atoms with Gasteiger partial charge in [-0.15, -0.1) is 0 Å². The predicted octanol–water partition coefficient (Wildman–Crippen LogP) is 4.92. The van der Waals surface area contributed by atoms with Gasteiger partial charge in [0.2, 0.25) is 0 Å². The van der Waals surface area contributed by atoms with E-state index in [0.29, 0.717) is 24.1 Å². The maximum atomic E-state index is 14.7. The Bertz CT molecular complexity index is 1150. The van der Waals surface area contributed by atoms with Gasteiger partial charge < -0.3 is 14.9 Å². The van der Waals surface area contributed by atoms with Gasteiger partial charge in [-0.25, -0.2) is 14.0 Å². The molecule has 2 N–H and O–H groups in total. The fraction of sp³-hybridized carbons (Fsp3) is 0.423. The molecular weight excluding hydrogens is 455 g/mol. The Morgan fingerprint density at radius 3 is 2.43 bits per heavy atom. The van der Waals surface area contributed by atoms with Crippen LogP contribution in [0.2, 0.25) is 0 Å². The largest absolute Gasteiger partial charge is 0.519 e. The highest BCUT2D eigenvalue weighted by Crippen LogP contribution is 2.56. The molecule has 2 aromatic carbocycles. The third-order valence-electron chi connectivity index (χ3n) is 7.63. The molecule has 2 amide bonds. The second-order valence-electron chi connectivity index (χ2n) is 9.69. The van der Waals surface area contributed by atoms with Gasteiger partial charge in [-0.05, 0) is 37.8 Å². The van der Waals surface area contributed by atoms with Crippen LogP contribution in [0.3, 0.4) is 0 Å². The molecule has 0 unspecified atom stereocenters. The van der Waals surface area contributed by atoms with E-state index in [1.54, 1.807) is 4.90 Å². The maximum Gasteiger partial charge on any atom is 0.519 e. The Kier molecular flexibility index (Phi) is 5.96. The number of rotatable bonds is 6. The second kappa shape index (κ2) is 8.96. The Hall–Kier alpha value is -3.46. The lowest BCUT2D eigenvalue weighted by Crippen LogP contribution is -2.65. The number of quaternary nitrogens is 1. The van der Waals surface area contributed by atoms with Gasteiger partial charge in [-0.1, -0.05) is 30.3 Å². The van der Waals surface area contributed by atoms with Crippen molar-refractivity contribution in [2.45, 2.75) is 56.8 Å². The molecule has 2 aliphatic carbocycles. The number of carbonyl (C=O) groups excluding carboxylic acids is 1. The molecule has 9 heteroatoms. The Morgan fingerprint density at radius 1 is 1.03 bits per heavy atom. The molecule has 0 spiro atoms. The number of carboxylic acids is 1. The van der Waals surface area contributed by atoms with Gasteiger partial charge in [0.05, 0.1) is 6.04 Å². The molecule has 4 atom stereocenters. The fourth-order valence-corrected chi connectivity index (χ4v) is 6.20. The summed E-state index contributed by atoms with van der Waals surface area (Å²) in [4.78, 5) is 38.8. The summed E-state index contributed by atoms with van der Waals surface area (Å²) >= 11 is 0. The highest BCUT2D eigenvalue weighted by atomic mass is 19.1. The number of hydrogen-bond acceptors (Lipinski definition) is 4. The fourth-order valence-electron chi connectivity index (χ4n) is 6.20. The average molecular weight is 484 g/mol. The van der Waals surface area contributed by atoms with Crippen molar-refractivity contribution in [1.29, 1.82) is 0 Å². The molecule has 184 valence electrons. The molecule has 2 aromatic rings. The molecule has 0 aromatic heterocycles. The van der Waals surface area contributed by atoms with Crippen LogP contribution in [0.5, 0.6) is 0 Å². The first-order valence-corrected chi connectivity index (χ1v) is 11.9. The van der Waals surface area contributed by atoms with Gasteiger partial charge in [0.1, 0.15) is 24.1 Å². The molecule has 35 heavy (non-hydrogen) atoms. The van der Waals surface area contributed by atoms with E-state index in [4.69, 9.17) is 9.84 Å². The molecule has 0 saturated heterocycles. The number of benzene rings is 2. The van der Waals surface area contributed by atoms with Crippen LogP contribution in [0.1, 0.15) is 49.3 Å². The summed E-state index contributed by atoms with van der Waals surface area (Å²) in [6.07, 6.45) is 1.84. The summed E-state index contributed by atoms with van der Waals surface area (Å²) < 4.78 is 19.4. The Labute approximate surface area is 202 Å². The van der Waals surface area contributed by atoms with Gasteiger partial charge in [0.15, 0.2) is 6.61 Å². The monoisotopic (exact) mass is 483 g/mol. The zero-order valence-electron chi connectivity index (χ0n) is 19.2.